The van der Waals surface area contributed by atoms with E-state index in [0.717, 1.165) is 40.8 Å². The average Bonchev–Trinajstić information content (AvgIpc) is 2.78. The lowest BCUT2D eigenvalue weighted by Crippen LogP contribution is -2.08. The number of hydrogen-bond acceptors (Lipinski definition) is 2. The van der Waals surface area contributed by atoms with E-state index >= 15 is 0 Å². The molecule has 0 saturated heterocycles. The molecule has 0 fully saturated rings. The number of halogens is 1. The normalized spacial score (nSPS) is 13.9. The van der Waals surface area contributed by atoms with Crippen molar-refractivity contribution in [3.05, 3.63) is 64.7 Å². The maximum Gasteiger partial charge on any atom is 0.133 e. The Morgan fingerprint density at radius 3 is 2.62 bits per heavy atom. The Balaban J connectivity index is 1.92. The quantitative estimate of drug-likeness (QED) is 0.692. The first-order valence-corrected chi connectivity index (χ1v) is 8.79. The van der Waals surface area contributed by atoms with Crippen molar-refractivity contribution in [1.29, 1.82) is 0 Å². The van der Waals surface area contributed by atoms with Crippen LogP contribution in [0.2, 0.25) is 5.02 Å². The van der Waals surface area contributed by atoms with E-state index in [0.29, 0.717) is 0 Å². The van der Waals surface area contributed by atoms with E-state index in [1.807, 2.05) is 12.1 Å². The van der Waals surface area contributed by atoms with Crippen molar-refractivity contribution in [2.45, 2.75) is 26.2 Å². The minimum Gasteiger partial charge on any atom is -0.370 e. The van der Waals surface area contributed by atoms with Gasteiger partial charge in [0.1, 0.15) is 5.82 Å². The Bertz CT molecular complexity index is 865. The highest BCUT2D eigenvalue weighted by molar-refractivity contribution is 6.30. The zero-order chi connectivity index (χ0) is 16.5. The zero-order valence-corrected chi connectivity index (χ0v) is 14.5. The number of para-hydroxylation sites is 1. The summed E-state index contributed by atoms with van der Waals surface area (Å²) in [7, 11) is 0. The van der Waals surface area contributed by atoms with E-state index in [9.17, 15) is 0 Å². The van der Waals surface area contributed by atoms with Gasteiger partial charge in [-0.05, 0) is 49.9 Å². The van der Waals surface area contributed by atoms with Gasteiger partial charge in [0.15, 0.2) is 0 Å². The van der Waals surface area contributed by atoms with Crippen LogP contribution in [-0.2, 0) is 6.42 Å². The Labute approximate surface area is 147 Å². The molecule has 1 aliphatic rings. The summed E-state index contributed by atoms with van der Waals surface area (Å²) in [6, 6.07) is 16.4. The van der Waals surface area contributed by atoms with Gasteiger partial charge in [-0.3, -0.25) is 0 Å². The lowest BCUT2D eigenvalue weighted by Gasteiger charge is -2.11. The second-order valence-electron chi connectivity index (χ2n) is 6.26. The van der Waals surface area contributed by atoms with Gasteiger partial charge in [0.25, 0.3) is 0 Å². The number of rotatable bonds is 2. The number of benzene rings is 2. The van der Waals surface area contributed by atoms with Crippen LogP contribution in [0.1, 0.15) is 24.0 Å². The van der Waals surface area contributed by atoms with E-state index in [1.54, 1.807) is 0 Å². The molecule has 3 aromatic rings. The summed E-state index contributed by atoms with van der Waals surface area (Å²) < 4.78 is 2.07. The molecule has 2 heterocycles. The second-order valence-corrected chi connectivity index (χ2v) is 6.70. The highest BCUT2D eigenvalue weighted by Gasteiger charge is 2.22. The van der Waals surface area contributed by atoms with Gasteiger partial charge in [-0.2, -0.15) is 5.10 Å². The number of fused-ring (bicyclic) bond motifs is 1. The van der Waals surface area contributed by atoms with Crippen LogP contribution in [0.4, 0.5) is 5.82 Å². The molecule has 0 atom stereocenters. The van der Waals surface area contributed by atoms with Crippen LogP contribution in [0.3, 0.4) is 0 Å². The van der Waals surface area contributed by atoms with Gasteiger partial charge in [0, 0.05) is 22.7 Å². The molecule has 0 amide bonds. The van der Waals surface area contributed by atoms with Crippen molar-refractivity contribution in [3.63, 3.8) is 0 Å². The molecule has 0 bridgehead atoms. The molecule has 1 aromatic heterocycles. The van der Waals surface area contributed by atoms with Crippen LogP contribution < -0.4 is 5.32 Å². The summed E-state index contributed by atoms with van der Waals surface area (Å²) in [6.45, 7) is 3.12. The fourth-order valence-electron chi connectivity index (χ4n) is 3.32. The van der Waals surface area contributed by atoms with Gasteiger partial charge in [0.05, 0.1) is 11.4 Å². The van der Waals surface area contributed by atoms with Gasteiger partial charge >= 0.3 is 0 Å². The summed E-state index contributed by atoms with van der Waals surface area (Å²) >= 11 is 6.05. The molecule has 0 saturated carbocycles. The van der Waals surface area contributed by atoms with Gasteiger partial charge in [-0.25, -0.2) is 4.68 Å². The second kappa shape index (κ2) is 6.33. The van der Waals surface area contributed by atoms with Crippen LogP contribution >= 0.6 is 11.6 Å². The average molecular weight is 338 g/mol. The van der Waals surface area contributed by atoms with E-state index in [4.69, 9.17) is 16.7 Å². The van der Waals surface area contributed by atoms with Crippen LogP contribution in [0.25, 0.3) is 16.9 Å². The molecule has 2 aromatic carbocycles. The van der Waals surface area contributed by atoms with Crippen LogP contribution in [-0.4, -0.2) is 16.3 Å². The van der Waals surface area contributed by atoms with Gasteiger partial charge in [-0.1, -0.05) is 41.9 Å². The first-order valence-electron chi connectivity index (χ1n) is 8.42. The Morgan fingerprint density at radius 2 is 1.83 bits per heavy atom. The van der Waals surface area contributed by atoms with E-state index in [-0.39, 0.29) is 0 Å². The molecule has 0 unspecified atom stereocenters. The number of aromatic nitrogens is 2. The maximum absolute atomic E-state index is 6.05. The van der Waals surface area contributed by atoms with Crippen molar-refractivity contribution in [1.82, 2.24) is 9.78 Å². The predicted octanol–water partition coefficient (Wildman–Crippen LogP) is 5.25. The van der Waals surface area contributed by atoms with Crippen LogP contribution in [0.15, 0.2) is 48.5 Å². The third kappa shape index (κ3) is 2.69. The third-order valence-corrected chi connectivity index (χ3v) is 4.84. The van der Waals surface area contributed by atoms with Crippen LogP contribution in [0.5, 0.6) is 0 Å². The SMILES string of the molecule is Cc1ccccc1-n1nc(-c2ccc(Cl)cc2)c2c1NCCCC2. The maximum atomic E-state index is 6.05. The molecule has 3 nitrogen and oxygen atoms in total. The fraction of sp³-hybridized carbons (Fsp3) is 0.250. The lowest BCUT2D eigenvalue weighted by molar-refractivity contribution is 0.779. The molecule has 0 aliphatic carbocycles. The van der Waals surface area contributed by atoms with E-state index in [2.05, 4.69) is 53.3 Å². The summed E-state index contributed by atoms with van der Waals surface area (Å²) in [5.74, 6) is 1.13. The number of anilines is 1. The fourth-order valence-corrected chi connectivity index (χ4v) is 3.44. The van der Waals surface area contributed by atoms with Gasteiger partial charge in [0.2, 0.25) is 0 Å². The molecule has 4 rings (SSSR count). The Morgan fingerprint density at radius 1 is 1.04 bits per heavy atom. The molecular weight excluding hydrogens is 318 g/mol. The largest absolute Gasteiger partial charge is 0.370 e. The zero-order valence-electron chi connectivity index (χ0n) is 13.7. The first kappa shape index (κ1) is 15.3. The number of nitrogens with zero attached hydrogens (tertiary/aromatic N) is 2. The smallest absolute Gasteiger partial charge is 0.133 e. The molecule has 1 N–H and O–H groups in total. The van der Waals surface area contributed by atoms with Crippen molar-refractivity contribution in [2.75, 3.05) is 11.9 Å². The number of aryl methyl sites for hydroxylation is 1. The molecule has 24 heavy (non-hydrogen) atoms. The summed E-state index contributed by atoms with van der Waals surface area (Å²) in [6.07, 6.45) is 3.41. The molecular formula is C20H20ClN3. The number of nitrogens with one attached hydrogen (secondary N) is 1. The number of hydrogen-bond donors (Lipinski definition) is 1. The van der Waals surface area contributed by atoms with E-state index in [1.165, 1.54) is 24.0 Å². The minimum atomic E-state index is 0.751. The monoisotopic (exact) mass is 337 g/mol. The Hall–Kier alpha value is -2.26. The van der Waals surface area contributed by atoms with Crippen LogP contribution in [0, 0.1) is 6.92 Å². The highest BCUT2D eigenvalue weighted by Crippen LogP contribution is 2.34. The standard InChI is InChI=1S/C20H20ClN3/c1-14-6-2-3-8-18(14)24-20-17(7-4-5-13-22-20)19(23-24)15-9-11-16(21)12-10-15/h2-3,6,8-12,22H,4-5,7,13H2,1H3. The van der Waals surface area contributed by atoms with Gasteiger partial charge in [-0.15, -0.1) is 0 Å². The summed E-state index contributed by atoms with van der Waals surface area (Å²) in [4.78, 5) is 0. The van der Waals surface area contributed by atoms with Gasteiger partial charge < -0.3 is 5.32 Å². The molecule has 0 radical (unpaired) electrons. The summed E-state index contributed by atoms with van der Waals surface area (Å²) in [5.41, 5.74) is 5.82. The summed E-state index contributed by atoms with van der Waals surface area (Å²) in [5, 5.41) is 9.32. The molecule has 0 spiro atoms. The van der Waals surface area contributed by atoms with Crippen molar-refractivity contribution in [3.8, 4) is 16.9 Å². The first-order chi connectivity index (χ1) is 11.7. The minimum absolute atomic E-state index is 0.751. The Kier molecular flexibility index (Phi) is 4.03. The topological polar surface area (TPSA) is 29.9 Å². The predicted molar refractivity (Wildman–Crippen MR) is 100 cm³/mol. The van der Waals surface area contributed by atoms with Crippen molar-refractivity contribution in [2.24, 2.45) is 0 Å². The molecule has 1 aliphatic heterocycles. The van der Waals surface area contributed by atoms with E-state index < -0.39 is 0 Å². The lowest BCUT2D eigenvalue weighted by atomic mass is 10.0. The molecule has 4 heteroatoms. The molecule has 122 valence electrons. The third-order valence-electron chi connectivity index (χ3n) is 4.59. The van der Waals surface area contributed by atoms with Crippen molar-refractivity contribution >= 4 is 17.4 Å². The van der Waals surface area contributed by atoms with Crippen molar-refractivity contribution < 1.29 is 0 Å². The highest BCUT2D eigenvalue weighted by atomic mass is 35.5.